The molecule has 0 aliphatic heterocycles. The molecule has 0 fully saturated rings. The molecule has 1 atom stereocenters. The minimum atomic E-state index is 0.0693. The van der Waals surface area contributed by atoms with Crippen LogP contribution in [0.5, 0.6) is 0 Å². The molecule has 0 saturated carbocycles. The number of amides is 1. The fraction of sp³-hybridized carbons (Fsp3) is 0.389. The van der Waals surface area contributed by atoms with Gasteiger partial charge in [-0.25, -0.2) is 0 Å². The van der Waals surface area contributed by atoms with Crippen molar-refractivity contribution in [1.29, 1.82) is 0 Å². The molecule has 1 heterocycles. The van der Waals surface area contributed by atoms with Crippen molar-refractivity contribution in [2.45, 2.75) is 33.2 Å². The third-order valence-electron chi connectivity index (χ3n) is 3.75. The summed E-state index contributed by atoms with van der Waals surface area (Å²) in [6, 6.07) is 10.2. The summed E-state index contributed by atoms with van der Waals surface area (Å²) in [7, 11) is 2.06. The predicted molar refractivity (Wildman–Crippen MR) is 93.7 cm³/mol. The molecule has 0 radical (unpaired) electrons. The summed E-state index contributed by atoms with van der Waals surface area (Å²) in [5, 5.41) is 5.17. The van der Waals surface area contributed by atoms with Crippen LogP contribution in [0.15, 0.2) is 35.7 Å². The summed E-state index contributed by atoms with van der Waals surface area (Å²) in [4.78, 5) is 14.8. The summed E-state index contributed by atoms with van der Waals surface area (Å²) in [6.45, 7) is 7.77. The van der Waals surface area contributed by atoms with Gasteiger partial charge in [-0.05, 0) is 41.5 Å². The first-order chi connectivity index (χ1) is 10.5. The number of anilines is 1. The van der Waals surface area contributed by atoms with E-state index >= 15 is 0 Å². The summed E-state index contributed by atoms with van der Waals surface area (Å²) in [5.41, 5.74) is 3.43. The maximum Gasteiger partial charge on any atom is 0.279 e. The number of carbonyl (C=O) groups is 1. The third-order valence-corrected chi connectivity index (χ3v) is 4.77. The molecule has 3 nitrogen and oxygen atoms in total. The van der Waals surface area contributed by atoms with Crippen LogP contribution in [0.25, 0.3) is 0 Å². The van der Waals surface area contributed by atoms with Crippen LogP contribution in [-0.4, -0.2) is 19.5 Å². The zero-order chi connectivity index (χ0) is 16.1. The van der Waals surface area contributed by atoms with E-state index in [1.165, 1.54) is 20.9 Å². The number of hydrogen-bond donors (Lipinski definition) is 2. The van der Waals surface area contributed by atoms with Crippen molar-refractivity contribution in [2.75, 3.05) is 18.9 Å². The van der Waals surface area contributed by atoms with Gasteiger partial charge in [0.15, 0.2) is 6.54 Å². The molecule has 1 aromatic carbocycles. The third kappa shape index (κ3) is 4.42. The summed E-state index contributed by atoms with van der Waals surface area (Å²) < 4.78 is 0. The van der Waals surface area contributed by atoms with E-state index in [1.54, 1.807) is 11.3 Å². The van der Waals surface area contributed by atoms with E-state index in [9.17, 15) is 4.79 Å². The smallest absolute Gasteiger partial charge is 0.279 e. The molecule has 1 aromatic heterocycles. The van der Waals surface area contributed by atoms with Crippen molar-refractivity contribution >= 4 is 22.9 Å². The fourth-order valence-corrected chi connectivity index (χ4v) is 3.52. The number of carbonyl (C=O) groups excluding carboxylic acids is 1. The number of para-hydroxylation sites is 1. The average Bonchev–Trinajstić information content (AvgIpc) is 2.84. The Morgan fingerprint density at radius 2 is 2.00 bits per heavy atom. The number of rotatable bonds is 6. The molecule has 1 unspecified atom stereocenters. The zero-order valence-corrected chi connectivity index (χ0v) is 14.6. The topological polar surface area (TPSA) is 33.5 Å². The molecule has 0 spiro atoms. The molecule has 2 rings (SSSR count). The Labute approximate surface area is 137 Å². The second kappa shape index (κ2) is 7.56. The van der Waals surface area contributed by atoms with Gasteiger partial charge in [0.1, 0.15) is 6.54 Å². The van der Waals surface area contributed by atoms with Gasteiger partial charge in [-0.1, -0.05) is 32.0 Å². The Kier molecular flexibility index (Phi) is 5.75. The average molecular weight is 317 g/mol. The van der Waals surface area contributed by atoms with E-state index in [4.69, 9.17) is 0 Å². The maximum absolute atomic E-state index is 12.3. The Morgan fingerprint density at radius 3 is 2.64 bits per heavy atom. The van der Waals surface area contributed by atoms with Crippen LogP contribution in [-0.2, 0) is 11.3 Å². The Bertz CT molecular complexity index is 634. The van der Waals surface area contributed by atoms with Gasteiger partial charge in [0.2, 0.25) is 0 Å². The molecular formula is C18H25N2OS+. The summed E-state index contributed by atoms with van der Waals surface area (Å²) in [5.74, 6) is 0.468. The molecule has 2 aromatic rings. The molecule has 118 valence electrons. The molecule has 0 bridgehead atoms. The highest BCUT2D eigenvalue weighted by atomic mass is 32.1. The highest BCUT2D eigenvalue weighted by Crippen LogP contribution is 2.23. The van der Waals surface area contributed by atoms with E-state index in [-0.39, 0.29) is 5.91 Å². The number of likely N-dealkylation sites (N-methyl/N-ethyl adjacent to an activating group) is 1. The molecule has 0 aliphatic carbocycles. The van der Waals surface area contributed by atoms with Gasteiger partial charge >= 0.3 is 0 Å². The van der Waals surface area contributed by atoms with Crippen LogP contribution in [0.4, 0.5) is 5.69 Å². The van der Waals surface area contributed by atoms with Crippen molar-refractivity contribution in [3.8, 4) is 0 Å². The molecule has 1 amide bonds. The highest BCUT2D eigenvalue weighted by molar-refractivity contribution is 7.10. The molecule has 4 heteroatoms. The van der Waals surface area contributed by atoms with Crippen molar-refractivity contribution in [3.63, 3.8) is 0 Å². The van der Waals surface area contributed by atoms with E-state index in [2.05, 4.69) is 50.6 Å². The van der Waals surface area contributed by atoms with E-state index in [1.807, 2.05) is 18.2 Å². The quantitative estimate of drug-likeness (QED) is 0.844. The number of benzene rings is 1. The Balaban J connectivity index is 1.94. The van der Waals surface area contributed by atoms with Gasteiger partial charge in [0.05, 0.1) is 11.9 Å². The van der Waals surface area contributed by atoms with Gasteiger partial charge in [-0.3, -0.25) is 4.79 Å². The van der Waals surface area contributed by atoms with E-state index in [0.29, 0.717) is 12.5 Å². The lowest BCUT2D eigenvalue weighted by molar-refractivity contribution is -0.884. The normalized spacial score (nSPS) is 12.4. The molecule has 0 saturated heterocycles. The second-order valence-corrected chi connectivity index (χ2v) is 7.13. The van der Waals surface area contributed by atoms with Gasteiger partial charge in [0.25, 0.3) is 5.91 Å². The maximum atomic E-state index is 12.3. The minimum Gasteiger partial charge on any atom is -0.325 e. The Hall–Kier alpha value is -1.65. The van der Waals surface area contributed by atoms with Crippen LogP contribution in [0.1, 0.15) is 35.8 Å². The lowest BCUT2D eigenvalue weighted by Gasteiger charge is -2.16. The molecular weight excluding hydrogens is 292 g/mol. The lowest BCUT2D eigenvalue weighted by Crippen LogP contribution is -3.08. The molecule has 22 heavy (non-hydrogen) atoms. The highest BCUT2D eigenvalue weighted by Gasteiger charge is 2.14. The van der Waals surface area contributed by atoms with Crippen LogP contribution < -0.4 is 10.2 Å². The lowest BCUT2D eigenvalue weighted by atomic mass is 10.0. The van der Waals surface area contributed by atoms with Crippen LogP contribution in [0.3, 0.4) is 0 Å². The van der Waals surface area contributed by atoms with Crippen molar-refractivity contribution in [2.24, 2.45) is 0 Å². The number of quaternary nitrogens is 1. The van der Waals surface area contributed by atoms with E-state index in [0.717, 1.165) is 12.2 Å². The number of aryl methyl sites for hydroxylation is 1. The molecule has 0 aliphatic rings. The zero-order valence-electron chi connectivity index (χ0n) is 13.8. The van der Waals surface area contributed by atoms with Crippen molar-refractivity contribution in [3.05, 3.63) is 51.7 Å². The first-order valence-corrected chi connectivity index (χ1v) is 8.58. The number of thiophene rings is 1. The van der Waals surface area contributed by atoms with Crippen LogP contribution >= 0.6 is 11.3 Å². The monoisotopic (exact) mass is 317 g/mol. The summed E-state index contributed by atoms with van der Waals surface area (Å²) in [6.07, 6.45) is 0. The van der Waals surface area contributed by atoms with Gasteiger partial charge in [0, 0.05) is 5.69 Å². The fourth-order valence-electron chi connectivity index (χ4n) is 2.50. The Morgan fingerprint density at radius 1 is 1.27 bits per heavy atom. The van der Waals surface area contributed by atoms with E-state index < -0.39 is 0 Å². The van der Waals surface area contributed by atoms with Gasteiger partial charge < -0.3 is 10.2 Å². The minimum absolute atomic E-state index is 0.0693. The van der Waals surface area contributed by atoms with Crippen molar-refractivity contribution < 1.29 is 9.69 Å². The first kappa shape index (κ1) is 16.7. The van der Waals surface area contributed by atoms with Crippen LogP contribution in [0, 0.1) is 6.92 Å². The molecule has 2 N–H and O–H groups in total. The van der Waals surface area contributed by atoms with Gasteiger partial charge in [-0.15, -0.1) is 11.3 Å². The summed E-state index contributed by atoms with van der Waals surface area (Å²) >= 11 is 1.76. The standard InChI is InChI=1S/C18H24N2OS/c1-13(2)15-7-5-6-8-16(15)19-18(21)12-20(4)11-17-14(3)9-10-22-17/h5-10,13H,11-12H2,1-4H3,(H,19,21)/p+1. The van der Waals surface area contributed by atoms with Gasteiger partial charge in [-0.2, -0.15) is 0 Å². The predicted octanol–water partition coefficient (Wildman–Crippen LogP) is 2.83. The number of nitrogens with one attached hydrogen (secondary N) is 2. The van der Waals surface area contributed by atoms with Crippen LogP contribution in [0.2, 0.25) is 0 Å². The number of hydrogen-bond acceptors (Lipinski definition) is 2. The largest absolute Gasteiger partial charge is 0.325 e. The van der Waals surface area contributed by atoms with Crippen molar-refractivity contribution in [1.82, 2.24) is 0 Å². The SMILES string of the molecule is Cc1ccsc1C[NH+](C)CC(=O)Nc1ccccc1C(C)C. The first-order valence-electron chi connectivity index (χ1n) is 7.70. The second-order valence-electron chi connectivity index (χ2n) is 6.13.